The minimum atomic E-state index is -2.55. The molecule has 0 unspecified atom stereocenters. The van der Waals surface area contributed by atoms with E-state index >= 15 is 0 Å². The molecule has 4 N–H and O–H groups in total. The smallest absolute Gasteiger partial charge is 0.151 e. The Morgan fingerprint density at radius 1 is 1.19 bits per heavy atom. The maximum atomic E-state index is 9.91. The zero-order valence-electron chi connectivity index (χ0n) is 15.7. The van der Waals surface area contributed by atoms with E-state index in [1.807, 2.05) is 13.8 Å². The summed E-state index contributed by atoms with van der Waals surface area (Å²) in [5.41, 5.74) is 9.86. The normalized spacial score (nSPS) is 18.7. The van der Waals surface area contributed by atoms with Gasteiger partial charge >= 0.3 is 0 Å². The van der Waals surface area contributed by atoms with Crippen molar-refractivity contribution in [2.75, 3.05) is 37.8 Å². The van der Waals surface area contributed by atoms with E-state index in [-0.39, 0.29) is 0 Å². The third-order valence-corrected chi connectivity index (χ3v) is 7.00. The Morgan fingerprint density at radius 3 is 2.58 bits per heavy atom. The first-order valence-electron chi connectivity index (χ1n) is 9.05. The van der Waals surface area contributed by atoms with Gasteiger partial charge in [-0.05, 0) is 25.8 Å². The van der Waals surface area contributed by atoms with Crippen LogP contribution in [0.1, 0.15) is 30.4 Å². The average molecular weight is 384 g/mol. The van der Waals surface area contributed by atoms with Gasteiger partial charge in [0.1, 0.15) is 11.3 Å². The molecule has 0 bridgehead atoms. The summed E-state index contributed by atoms with van der Waals surface area (Å²) in [5, 5.41) is 0. The van der Waals surface area contributed by atoms with Crippen LogP contribution in [0.5, 0.6) is 0 Å². The number of anilines is 1. The van der Waals surface area contributed by atoms with Gasteiger partial charge in [0.2, 0.25) is 0 Å². The third-order valence-electron chi connectivity index (χ3n) is 4.98. The summed E-state index contributed by atoms with van der Waals surface area (Å²) in [5.74, 6) is 1.92. The molecule has 2 aromatic heterocycles. The number of nitrogens with two attached hydrogens (primary N) is 1. The first kappa shape index (κ1) is 19.4. The Labute approximate surface area is 155 Å². The van der Waals surface area contributed by atoms with Gasteiger partial charge in [-0.25, -0.2) is 14.3 Å². The summed E-state index contributed by atoms with van der Waals surface area (Å²) >= 11 is 0. The van der Waals surface area contributed by atoms with Crippen molar-refractivity contribution in [3.63, 3.8) is 0 Å². The van der Waals surface area contributed by atoms with Gasteiger partial charge in [-0.3, -0.25) is 9.11 Å². The van der Waals surface area contributed by atoms with E-state index in [2.05, 4.69) is 21.5 Å². The maximum absolute atomic E-state index is 9.91. The van der Waals surface area contributed by atoms with E-state index in [0.29, 0.717) is 37.9 Å². The fourth-order valence-electron chi connectivity index (χ4n) is 3.45. The molecule has 0 atom stereocenters. The van der Waals surface area contributed by atoms with Crippen molar-refractivity contribution >= 4 is 27.6 Å². The van der Waals surface area contributed by atoms with Crippen LogP contribution in [0, 0.1) is 13.8 Å². The molecule has 1 aliphatic heterocycles. The predicted octanol–water partition coefficient (Wildman–Crippen LogP) is 2.58. The zero-order chi connectivity index (χ0) is 18.9. The quantitative estimate of drug-likeness (QED) is 0.630. The van der Waals surface area contributed by atoms with Crippen LogP contribution in [0.3, 0.4) is 0 Å². The molecule has 0 aliphatic carbocycles. The minimum absolute atomic E-state index is 0.469. The second-order valence-corrected chi connectivity index (χ2v) is 8.86. The molecule has 26 heavy (non-hydrogen) atoms. The molecular weight excluding hydrogens is 354 g/mol. The molecule has 8 nitrogen and oxygen atoms in total. The van der Waals surface area contributed by atoms with Gasteiger partial charge in [0.25, 0.3) is 0 Å². The summed E-state index contributed by atoms with van der Waals surface area (Å²) in [6.07, 6.45) is 1.64. The van der Waals surface area contributed by atoms with Crippen LogP contribution < -0.4 is 5.73 Å². The van der Waals surface area contributed by atoms with E-state index in [1.54, 1.807) is 4.31 Å². The Balaban J connectivity index is 1.65. The molecule has 9 heteroatoms. The summed E-state index contributed by atoms with van der Waals surface area (Å²) in [6, 6.07) is 0. The Kier molecular flexibility index (Phi) is 5.73. The monoisotopic (exact) mass is 383 g/mol. The number of nitrogen functional groups attached to an aromatic ring is 1. The van der Waals surface area contributed by atoms with E-state index in [1.165, 1.54) is 0 Å². The van der Waals surface area contributed by atoms with Crippen LogP contribution in [-0.2, 0) is 17.7 Å². The summed E-state index contributed by atoms with van der Waals surface area (Å²) < 4.78 is 29.5. The highest BCUT2D eigenvalue weighted by Crippen LogP contribution is 2.47. The number of nitrogens with zero attached hydrogens (tertiary/aromatic N) is 4. The lowest BCUT2D eigenvalue weighted by molar-refractivity contribution is 0.115. The number of ether oxygens (including phenoxy) is 1. The second kappa shape index (κ2) is 7.69. The van der Waals surface area contributed by atoms with Crippen molar-refractivity contribution in [3.05, 3.63) is 17.1 Å². The molecular formula is C17H29N5O3S. The Hall–Kier alpha value is -1.39. The highest BCUT2D eigenvalue weighted by molar-refractivity contribution is 8.22. The molecule has 0 aromatic carbocycles. The minimum Gasteiger partial charge on any atom is -0.382 e. The Bertz CT molecular complexity index is 793. The molecule has 1 saturated heterocycles. The van der Waals surface area contributed by atoms with Crippen LogP contribution >= 0.6 is 10.8 Å². The average Bonchev–Trinajstić information content (AvgIpc) is 3.12. The molecule has 1 fully saturated rings. The van der Waals surface area contributed by atoms with Crippen LogP contribution in [0.15, 0.2) is 0 Å². The lowest BCUT2D eigenvalue weighted by Crippen LogP contribution is -2.27. The van der Waals surface area contributed by atoms with E-state index < -0.39 is 10.8 Å². The van der Waals surface area contributed by atoms with Crippen molar-refractivity contribution in [2.24, 2.45) is 0 Å². The molecule has 0 saturated carbocycles. The van der Waals surface area contributed by atoms with E-state index in [0.717, 1.165) is 47.5 Å². The molecule has 3 heterocycles. The van der Waals surface area contributed by atoms with Gasteiger partial charge in [-0.15, -0.1) is 10.8 Å². The molecule has 0 spiro atoms. The van der Waals surface area contributed by atoms with Crippen LogP contribution in [0.4, 0.5) is 5.82 Å². The summed E-state index contributed by atoms with van der Waals surface area (Å²) in [7, 11) is -2.55. The third kappa shape index (κ3) is 3.67. The van der Waals surface area contributed by atoms with Crippen molar-refractivity contribution < 1.29 is 13.8 Å². The lowest BCUT2D eigenvalue weighted by atomic mass is 10.2. The first-order valence-corrected chi connectivity index (χ1v) is 10.7. The molecule has 0 amide bonds. The lowest BCUT2D eigenvalue weighted by Gasteiger charge is -2.36. The largest absolute Gasteiger partial charge is 0.382 e. The number of aromatic nitrogens is 3. The number of aryl methyl sites for hydroxylation is 3. The zero-order valence-corrected chi connectivity index (χ0v) is 16.6. The number of pyridine rings is 1. The SMILES string of the molecule is CCc1nc2c(N)nc(C)c(C)c2n1CCOCCN1CCCS1(O)O. The van der Waals surface area contributed by atoms with E-state index in [9.17, 15) is 9.11 Å². The highest BCUT2D eigenvalue weighted by Gasteiger charge is 2.28. The number of imidazole rings is 1. The van der Waals surface area contributed by atoms with Crippen molar-refractivity contribution in [3.8, 4) is 0 Å². The fourth-order valence-corrected chi connectivity index (χ4v) is 5.01. The van der Waals surface area contributed by atoms with E-state index in [4.69, 9.17) is 10.5 Å². The first-order chi connectivity index (χ1) is 12.3. The van der Waals surface area contributed by atoms with Crippen LogP contribution in [0.25, 0.3) is 11.0 Å². The fraction of sp³-hybridized carbons (Fsp3) is 0.647. The molecule has 3 rings (SSSR count). The van der Waals surface area contributed by atoms with Crippen molar-refractivity contribution in [1.29, 1.82) is 0 Å². The van der Waals surface area contributed by atoms with Crippen molar-refractivity contribution in [1.82, 2.24) is 18.8 Å². The standard InChI is InChI=1S/C17H29N5O3S/c1-4-14-20-15-16(12(2)13(3)19-17(15)18)22(14)8-10-25-9-7-21-6-5-11-26(21,23)24/h23-24H,4-11H2,1-3H3,(H2,18,19). The number of rotatable bonds is 7. The van der Waals surface area contributed by atoms with Gasteiger partial charge in [-0.1, -0.05) is 6.92 Å². The molecule has 146 valence electrons. The van der Waals surface area contributed by atoms with Crippen LogP contribution in [-0.4, -0.2) is 60.0 Å². The maximum Gasteiger partial charge on any atom is 0.151 e. The van der Waals surface area contributed by atoms with Crippen molar-refractivity contribution in [2.45, 2.75) is 40.2 Å². The summed E-state index contributed by atoms with van der Waals surface area (Å²) in [6.45, 7) is 9.03. The topological polar surface area (TPSA) is 110 Å². The van der Waals surface area contributed by atoms with Gasteiger partial charge in [0.05, 0.1) is 24.5 Å². The predicted molar refractivity (Wildman–Crippen MR) is 106 cm³/mol. The number of hydrogen-bond acceptors (Lipinski definition) is 7. The number of hydrogen-bond donors (Lipinski definition) is 3. The van der Waals surface area contributed by atoms with Crippen LogP contribution in [0.2, 0.25) is 0 Å². The van der Waals surface area contributed by atoms with Gasteiger partial charge < -0.3 is 15.0 Å². The summed E-state index contributed by atoms with van der Waals surface area (Å²) in [4.78, 5) is 9.04. The van der Waals surface area contributed by atoms with Gasteiger partial charge in [-0.2, -0.15) is 0 Å². The number of fused-ring (bicyclic) bond motifs is 1. The van der Waals surface area contributed by atoms with Gasteiger partial charge in [0, 0.05) is 31.7 Å². The molecule has 0 radical (unpaired) electrons. The highest BCUT2D eigenvalue weighted by atomic mass is 32.3. The molecule has 2 aromatic rings. The Morgan fingerprint density at radius 2 is 1.92 bits per heavy atom. The second-order valence-electron chi connectivity index (χ2n) is 6.67. The van der Waals surface area contributed by atoms with Gasteiger partial charge in [0.15, 0.2) is 5.82 Å². The molecule has 1 aliphatic rings.